The Bertz CT molecular complexity index is 534. The van der Waals surface area contributed by atoms with E-state index in [0.717, 1.165) is 35.4 Å². The first-order valence-corrected chi connectivity index (χ1v) is 7.72. The molecule has 19 heavy (non-hydrogen) atoms. The van der Waals surface area contributed by atoms with Crippen molar-refractivity contribution < 1.29 is 0 Å². The molecule has 1 heterocycles. The Kier molecular flexibility index (Phi) is 3.84. The van der Waals surface area contributed by atoms with E-state index in [-0.39, 0.29) is 0 Å². The molecule has 0 saturated heterocycles. The summed E-state index contributed by atoms with van der Waals surface area (Å²) in [6.07, 6.45) is 3.47. The molecule has 1 saturated carbocycles. The lowest BCUT2D eigenvalue weighted by Crippen LogP contribution is -2.03. The Morgan fingerprint density at radius 1 is 1.21 bits per heavy atom. The number of nitrogens with zero attached hydrogens (tertiary/aromatic N) is 3. The van der Waals surface area contributed by atoms with Gasteiger partial charge < -0.3 is 5.73 Å². The van der Waals surface area contributed by atoms with Crippen LogP contribution in [0.25, 0.3) is 5.69 Å². The first-order chi connectivity index (χ1) is 9.40. The number of para-hydroxylation sites is 1. The highest BCUT2D eigenvalue weighted by molar-refractivity contribution is 7.99. The molecule has 0 bridgehead atoms. The van der Waals surface area contributed by atoms with Crippen molar-refractivity contribution in [2.24, 2.45) is 5.73 Å². The van der Waals surface area contributed by atoms with Crippen LogP contribution in [0.5, 0.6) is 0 Å². The van der Waals surface area contributed by atoms with Crippen molar-refractivity contribution in [3.63, 3.8) is 0 Å². The predicted molar refractivity (Wildman–Crippen MR) is 77.7 cm³/mol. The molecule has 2 aromatic rings. The van der Waals surface area contributed by atoms with Crippen LogP contribution in [0.1, 0.15) is 31.0 Å². The molecule has 1 aliphatic carbocycles. The Hall–Kier alpha value is -1.33. The average molecular weight is 274 g/mol. The SMILES string of the molecule is NCCCSc1nnc(C2CC2)n1-c1ccccc1. The standard InChI is InChI=1S/C14H18N4S/c15-9-4-10-19-14-17-16-13(11-7-8-11)18(14)12-5-2-1-3-6-12/h1-3,5-6,11H,4,7-10,15H2. The zero-order valence-corrected chi connectivity index (χ0v) is 11.6. The number of rotatable bonds is 6. The van der Waals surface area contributed by atoms with Crippen LogP contribution >= 0.6 is 11.8 Å². The number of hydrogen-bond donors (Lipinski definition) is 1. The van der Waals surface area contributed by atoms with Crippen molar-refractivity contribution in [1.29, 1.82) is 0 Å². The van der Waals surface area contributed by atoms with E-state index in [1.165, 1.54) is 12.8 Å². The molecular weight excluding hydrogens is 256 g/mol. The number of aromatic nitrogens is 3. The van der Waals surface area contributed by atoms with Gasteiger partial charge in [0.2, 0.25) is 0 Å². The maximum atomic E-state index is 5.55. The van der Waals surface area contributed by atoms with Gasteiger partial charge in [-0.1, -0.05) is 30.0 Å². The lowest BCUT2D eigenvalue weighted by molar-refractivity contribution is 0.827. The molecule has 0 atom stereocenters. The van der Waals surface area contributed by atoms with Gasteiger partial charge in [-0.25, -0.2) is 0 Å². The fourth-order valence-corrected chi connectivity index (χ4v) is 2.97. The largest absolute Gasteiger partial charge is 0.330 e. The van der Waals surface area contributed by atoms with Crippen LogP contribution in [0, 0.1) is 0 Å². The molecule has 0 aliphatic heterocycles. The average Bonchev–Trinajstić information content (AvgIpc) is 3.21. The van der Waals surface area contributed by atoms with Crippen molar-refractivity contribution in [1.82, 2.24) is 14.8 Å². The molecule has 1 aromatic carbocycles. The van der Waals surface area contributed by atoms with Crippen molar-refractivity contribution >= 4 is 11.8 Å². The second-order valence-corrected chi connectivity index (χ2v) is 5.84. The van der Waals surface area contributed by atoms with Gasteiger partial charge in [0, 0.05) is 17.4 Å². The van der Waals surface area contributed by atoms with Gasteiger partial charge in [0.25, 0.3) is 0 Å². The quantitative estimate of drug-likeness (QED) is 0.650. The molecule has 5 heteroatoms. The fraction of sp³-hybridized carbons (Fsp3) is 0.429. The third kappa shape index (κ3) is 2.82. The first-order valence-electron chi connectivity index (χ1n) is 6.73. The molecule has 0 spiro atoms. The van der Waals surface area contributed by atoms with Crippen LogP contribution in [-0.4, -0.2) is 27.1 Å². The third-order valence-corrected chi connectivity index (χ3v) is 4.21. The van der Waals surface area contributed by atoms with Crippen LogP contribution in [0.3, 0.4) is 0 Å². The van der Waals surface area contributed by atoms with Crippen LogP contribution in [0.15, 0.2) is 35.5 Å². The zero-order chi connectivity index (χ0) is 13.1. The van der Waals surface area contributed by atoms with Crippen molar-refractivity contribution in [3.8, 4) is 5.69 Å². The molecule has 1 aliphatic rings. The number of thioether (sulfide) groups is 1. The van der Waals surface area contributed by atoms with Gasteiger partial charge in [-0.15, -0.1) is 10.2 Å². The van der Waals surface area contributed by atoms with Crippen LogP contribution in [0.4, 0.5) is 0 Å². The summed E-state index contributed by atoms with van der Waals surface area (Å²) in [5.41, 5.74) is 6.71. The van der Waals surface area contributed by atoms with Gasteiger partial charge in [0.1, 0.15) is 5.82 Å². The third-order valence-electron chi connectivity index (χ3n) is 3.19. The number of hydrogen-bond acceptors (Lipinski definition) is 4. The maximum Gasteiger partial charge on any atom is 0.195 e. The molecule has 2 N–H and O–H groups in total. The summed E-state index contributed by atoms with van der Waals surface area (Å²) in [6, 6.07) is 10.4. The van der Waals surface area contributed by atoms with Gasteiger partial charge in [0.15, 0.2) is 5.16 Å². The van der Waals surface area contributed by atoms with Gasteiger partial charge in [-0.3, -0.25) is 4.57 Å². The summed E-state index contributed by atoms with van der Waals surface area (Å²) in [4.78, 5) is 0. The fourth-order valence-electron chi connectivity index (χ4n) is 2.05. The van der Waals surface area contributed by atoms with Crippen molar-refractivity contribution in [3.05, 3.63) is 36.2 Å². The summed E-state index contributed by atoms with van der Waals surface area (Å²) in [7, 11) is 0. The van der Waals surface area contributed by atoms with E-state index in [2.05, 4.69) is 39.0 Å². The Balaban J connectivity index is 1.91. The first kappa shape index (κ1) is 12.7. The lowest BCUT2D eigenvalue weighted by Gasteiger charge is -2.09. The highest BCUT2D eigenvalue weighted by Gasteiger charge is 2.30. The summed E-state index contributed by atoms with van der Waals surface area (Å²) >= 11 is 1.74. The highest BCUT2D eigenvalue weighted by Crippen LogP contribution is 2.41. The van der Waals surface area contributed by atoms with E-state index in [0.29, 0.717) is 5.92 Å². The zero-order valence-electron chi connectivity index (χ0n) is 10.8. The van der Waals surface area contributed by atoms with Crippen LogP contribution in [0.2, 0.25) is 0 Å². The van der Waals surface area contributed by atoms with E-state index in [4.69, 9.17) is 5.73 Å². The number of benzene rings is 1. The van der Waals surface area contributed by atoms with E-state index in [1.54, 1.807) is 11.8 Å². The van der Waals surface area contributed by atoms with Gasteiger partial charge >= 0.3 is 0 Å². The van der Waals surface area contributed by atoms with Gasteiger partial charge in [-0.05, 0) is 37.9 Å². The molecular formula is C14H18N4S. The topological polar surface area (TPSA) is 56.7 Å². The van der Waals surface area contributed by atoms with Gasteiger partial charge in [0.05, 0.1) is 0 Å². The molecule has 0 unspecified atom stereocenters. The van der Waals surface area contributed by atoms with Crippen LogP contribution < -0.4 is 5.73 Å². The van der Waals surface area contributed by atoms with E-state index < -0.39 is 0 Å². The van der Waals surface area contributed by atoms with E-state index in [9.17, 15) is 0 Å². The molecule has 4 nitrogen and oxygen atoms in total. The minimum absolute atomic E-state index is 0.594. The summed E-state index contributed by atoms with van der Waals surface area (Å²) < 4.78 is 2.21. The van der Waals surface area contributed by atoms with E-state index >= 15 is 0 Å². The lowest BCUT2D eigenvalue weighted by atomic mass is 10.3. The summed E-state index contributed by atoms with van der Waals surface area (Å²) in [5.74, 6) is 2.70. The minimum atomic E-state index is 0.594. The Morgan fingerprint density at radius 2 is 2.00 bits per heavy atom. The molecule has 100 valence electrons. The minimum Gasteiger partial charge on any atom is -0.330 e. The smallest absolute Gasteiger partial charge is 0.195 e. The normalized spacial score (nSPS) is 14.8. The Morgan fingerprint density at radius 3 is 2.68 bits per heavy atom. The van der Waals surface area contributed by atoms with Crippen molar-refractivity contribution in [2.45, 2.75) is 30.3 Å². The molecule has 3 rings (SSSR count). The second kappa shape index (κ2) is 5.75. The van der Waals surface area contributed by atoms with Crippen molar-refractivity contribution in [2.75, 3.05) is 12.3 Å². The number of nitrogens with two attached hydrogens (primary N) is 1. The Labute approximate surface area is 117 Å². The molecule has 1 aromatic heterocycles. The molecule has 1 fully saturated rings. The second-order valence-electron chi connectivity index (χ2n) is 4.78. The predicted octanol–water partition coefficient (Wildman–Crippen LogP) is 2.59. The van der Waals surface area contributed by atoms with Gasteiger partial charge in [-0.2, -0.15) is 0 Å². The van der Waals surface area contributed by atoms with Crippen LogP contribution in [-0.2, 0) is 0 Å². The van der Waals surface area contributed by atoms with E-state index in [1.807, 2.05) is 6.07 Å². The molecule has 0 radical (unpaired) electrons. The monoisotopic (exact) mass is 274 g/mol. The molecule has 0 amide bonds. The maximum absolute atomic E-state index is 5.55. The summed E-state index contributed by atoms with van der Waals surface area (Å²) in [5, 5.41) is 9.74. The summed E-state index contributed by atoms with van der Waals surface area (Å²) in [6.45, 7) is 0.724. The highest BCUT2D eigenvalue weighted by atomic mass is 32.2.